The Labute approximate surface area is 176 Å². The summed E-state index contributed by atoms with van der Waals surface area (Å²) in [6, 6.07) is 15.9. The molecule has 2 heterocycles. The Balaban J connectivity index is 1.35. The van der Waals surface area contributed by atoms with E-state index in [2.05, 4.69) is 39.4 Å². The Morgan fingerprint density at radius 2 is 1.87 bits per heavy atom. The minimum absolute atomic E-state index is 0.0808. The van der Waals surface area contributed by atoms with Crippen molar-refractivity contribution in [1.29, 1.82) is 0 Å². The molecule has 1 fully saturated rings. The maximum atomic E-state index is 12.5. The average molecular weight is 406 g/mol. The van der Waals surface area contributed by atoms with Crippen molar-refractivity contribution in [3.63, 3.8) is 0 Å². The zero-order chi connectivity index (χ0) is 20.8. The van der Waals surface area contributed by atoms with E-state index >= 15 is 0 Å². The van der Waals surface area contributed by atoms with Crippen LogP contribution in [-0.4, -0.2) is 42.4 Å². The molecular weight excluding hydrogens is 380 g/mol. The Hall–Kier alpha value is -3.19. The Morgan fingerprint density at radius 1 is 1.10 bits per heavy atom. The van der Waals surface area contributed by atoms with Crippen molar-refractivity contribution in [2.45, 2.75) is 26.2 Å². The molecule has 1 amide bonds. The Bertz CT molecular complexity index is 978. The third-order valence-electron chi connectivity index (χ3n) is 5.18. The highest BCUT2D eigenvalue weighted by molar-refractivity contribution is 5.94. The number of carbonyl (C=O) groups is 1. The number of hydrogen-bond acceptors (Lipinski definition) is 6. The summed E-state index contributed by atoms with van der Waals surface area (Å²) in [4.78, 5) is 19.2. The number of morpholine rings is 1. The lowest BCUT2D eigenvalue weighted by Crippen LogP contribution is -2.36. The summed E-state index contributed by atoms with van der Waals surface area (Å²) in [5, 5.41) is 7.06. The number of aromatic nitrogens is 2. The first-order valence-electron chi connectivity index (χ1n) is 10.4. The number of nitrogens with one attached hydrogen (secondary N) is 1. The topological polar surface area (TPSA) is 80.5 Å². The fraction of sp³-hybridized carbons (Fsp3) is 0.348. The number of anilines is 2. The van der Waals surface area contributed by atoms with Crippen LogP contribution in [0.2, 0.25) is 0 Å². The monoisotopic (exact) mass is 406 g/mol. The summed E-state index contributed by atoms with van der Waals surface area (Å²) in [5.41, 5.74) is 4.00. The molecule has 0 radical (unpaired) electrons. The predicted octanol–water partition coefficient (Wildman–Crippen LogP) is 3.71. The summed E-state index contributed by atoms with van der Waals surface area (Å²) in [7, 11) is 0. The summed E-state index contributed by atoms with van der Waals surface area (Å²) < 4.78 is 10.8. The van der Waals surface area contributed by atoms with Crippen LogP contribution in [-0.2, 0) is 22.4 Å². The maximum absolute atomic E-state index is 12.5. The zero-order valence-corrected chi connectivity index (χ0v) is 17.1. The normalized spacial score (nSPS) is 14.0. The van der Waals surface area contributed by atoms with Crippen LogP contribution >= 0.6 is 0 Å². The van der Waals surface area contributed by atoms with E-state index in [1.165, 1.54) is 5.56 Å². The average Bonchev–Trinajstić information content (AvgIpc) is 3.28. The van der Waals surface area contributed by atoms with Crippen LogP contribution in [0, 0.1) is 0 Å². The van der Waals surface area contributed by atoms with Gasteiger partial charge in [-0.2, -0.15) is 4.98 Å². The van der Waals surface area contributed by atoms with Crippen molar-refractivity contribution in [3.05, 3.63) is 60.0 Å². The molecule has 0 bridgehead atoms. The molecule has 0 spiro atoms. The second-order valence-electron chi connectivity index (χ2n) is 7.23. The Kier molecular flexibility index (Phi) is 6.39. The minimum atomic E-state index is -0.0808. The van der Waals surface area contributed by atoms with Gasteiger partial charge in [0.25, 0.3) is 0 Å². The molecule has 0 aliphatic carbocycles. The van der Waals surface area contributed by atoms with Gasteiger partial charge in [0.1, 0.15) is 0 Å². The second-order valence-corrected chi connectivity index (χ2v) is 7.23. The number of amides is 1. The molecule has 156 valence electrons. The molecule has 7 nitrogen and oxygen atoms in total. The fourth-order valence-electron chi connectivity index (χ4n) is 3.46. The standard InChI is InChI=1S/C23H26N4O3/c1-2-17-7-9-18(10-8-17)23-25-22(30-26-23)12-11-21(28)24-19-5-3-4-6-20(19)27-13-15-29-16-14-27/h3-10H,2,11-16H2,1H3,(H,24,28). The van der Waals surface area contributed by atoms with Crippen LogP contribution in [0.25, 0.3) is 11.4 Å². The van der Waals surface area contributed by atoms with Gasteiger partial charge in [-0.1, -0.05) is 48.5 Å². The van der Waals surface area contributed by atoms with Gasteiger partial charge in [-0.25, -0.2) is 0 Å². The lowest BCUT2D eigenvalue weighted by molar-refractivity contribution is -0.116. The van der Waals surface area contributed by atoms with Crippen molar-refractivity contribution < 1.29 is 14.1 Å². The van der Waals surface area contributed by atoms with E-state index in [1.807, 2.05) is 36.4 Å². The molecule has 1 N–H and O–H groups in total. The number of ether oxygens (including phenoxy) is 1. The van der Waals surface area contributed by atoms with E-state index in [4.69, 9.17) is 9.26 Å². The SMILES string of the molecule is CCc1ccc(-c2noc(CCC(=O)Nc3ccccc3N3CCOCC3)n2)cc1. The van der Waals surface area contributed by atoms with Gasteiger partial charge in [-0.15, -0.1) is 0 Å². The highest BCUT2D eigenvalue weighted by Crippen LogP contribution is 2.26. The van der Waals surface area contributed by atoms with E-state index in [9.17, 15) is 4.79 Å². The first-order chi connectivity index (χ1) is 14.7. The molecule has 7 heteroatoms. The van der Waals surface area contributed by atoms with E-state index in [0.717, 1.165) is 36.4 Å². The van der Waals surface area contributed by atoms with E-state index in [-0.39, 0.29) is 12.3 Å². The van der Waals surface area contributed by atoms with Crippen molar-refractivity contribution in [1.82, 2.24) is 10.1 Å². The molecule has 0 saturated carbocycles. The van der Waals surface area contributed by atoms with Crippen LogP contribution in [0.1, 0.15) is 24.8 Å². The molecule has 30 heavy (non-hydrogen) atoms. The molecule has 4 rings (SSSR count). The van der Waals surface area contributed by atoms with E-state index < -0.39 is 0 Å². The number of para-hydroxylation sites is 2. The van der Waals surface area contributed by atoms with Crippen LogP contribution in [0.15, 0.2) is 53.1 Å². The van der Waals surface area contributed by atoms with Gasteiger partial charge >= 0.3 is 0 Å². The van der Waals surface area contributed by atoms with Crippen molar-refractivity contribution >= 4 is 17.3 Å². The van der Waals surface area contributed by atoms with Gasteiger partial charge in [0.15, 0.2) is 0 Å². The van der Waals surface area contributed by atoms with Crippen molar-refractivity contribution in [3.8, 4) is 11.4 Å². The second kappa shape index (κ2) is 9.54. The lowest BCUT2D eigenvalue weighted by atomic mass is 10.1. The van der Waals surface area contributed by atoms with Crippen molar-refractivity contribution in [2.24, 2.45) is 0 Å². The number of hydrogen-bond donors (Lipinski definition) is 1. The van der Waals surface area contributed by atoms with Gasteiger partial charge in [-0.3, -0.25) is 4.79 Å². The van der Waals surface area contributed by atoms with Gasteiger partial charge in [0, 0.05) is 31.5 Å². The highest BCUT2D eigenvalue weighted by atomic mass is 16.5. The third-order valence-corrected chi connectivity index (χ3v) is 5.18. The number of carbonyl (C=O) groups excluding carboxylic acids is 1. The molecular formula is C23H26N4O3. The predicted molar refractivity (Wildman–Crippen MR) is 116 cm³/mol. The van der Waals surface area contributed by atoms with Gasteiger partial charge in [0.05, 0.1) is 24.6 Å². The summed E-state index contributed by atoms with van der Waals surface area (Å²) >= 11 is 0. The largest absolute Gasteiger partial charge is 0.378 e. The zero-order valence-electron chi connectivity index (χ0n) is 17.1. The van der Waals surface area contributed by atoms with E-state index in [1.54, 1.807) is 0 Å². The quantitative estimate of drug-likeness (QED) is 0.644. The van der Waals surface area contributed by atoms with Gasteiger partial charge < -0.3 is 19.5 Å². The van der Waals surface area contributed by atoms with Crippen LogP contribution < -0.4 is 10.2 Å². The number of nitrogens with zero attached hydrogens (tertiary/aromatic N) is 3. The first kappa shape index (κ1) is 20.1. The van der Waals surface area contributed by atoms with Gasteiger partial charge in [0.2, 0.25) is 17.6 Å². The first-order valence-corrected chi connectivity index (χ1v) is 10.4. The van der Waals surface area contributed by atoms with Crippen LogP contribution in [0.3, 0.4) is 0 Å². The molecule has 3 aromatic rings. The lowest BCUT2D eigenvalue weighted by Gasteiger charge is -2.30. The van der Waals surface area contributed by atoms with Crippen LogP contribution in [0.4, 0.5) is 11.4 Å². The van der Waals surface area contributed by atoms with Crippen LogP contribution in [0.5, 0.6) is 0 Å². The van der Waals surface area contributed by atoms with Crippen molar-refractivity contribution in [2.75, 3.05) is 36.5 Å². The maximum Gasteiger partial charge on any atom is 0.227 e. The summed E-state index contributed by atoms with van der Waals surface area (Å²) in [6.45, 7) is 5.14. The molecule has 1 saturated heterocycles. The molecule has 1 aliphatic rings. The summed E-state index contributed by atoms with van der Waals surface area (Å²) in [5.74, 6) is 0.926. The molecule has 1 aromatic heterocycles. The molecule has 0 unspecified atom stereocenters. The number of benzene rings is 2. The molecule has 0 atom stereocenters. The van der Waals surface area contributed by atoms with E-state index in [0.29, 0.717) is 31.3 Å². The Morgan fingerprint density at radius 3 is 2.63 bits per heavy atom. The van der Waals surface area contributed by atoms with Gasteiger partial charge in [-0.05, 0) is 24.1 Å². The molecule has 1 aliphatic heterocycles. The number of rotatable bonds is 7. The number of aryl methyl sites for hydroxylation is 2. The molecule has 2 aromatic carbocycles. The summed E-state index contributed by atoms with van der Waals surface area (Å²) in [6.07, 6.45) is 1.65. The fourth-order valence-corrected chi connectivity index (χ4v) is 3.46. The highest BCUT2D eigenvalue weighted by Gasteiger charge is 2.16. The third kappa shape index (κ3) is 4.86. The minimum Gasteiger partial charge on any atom is -0.378 e. The smallest absolute Gasteiger partial charge is 0.227 e.